The normalized spacial score (nSPS) is 30.2. The Morgan fingerprint density at radius 3 is 2.35 bits per heavy atom. The lowest BCUT2D eigenvalue weighted by Gasteiger charge is -2.38. The van der Waals surface area contributed by atoms with Crippen LogP contribution in [0.4, 0.5) is 13.2 Å². The molecule has 0 amide bonds. The van der Waals surface area contributed by atoms with Gasteiger partial charge in [0.15, 0.2) is 0 Å². The Bertz CT molecular complexity index is 243. The van der Waals surface area contributed by atoms with Crippen LogP contribution >= 0.6 is 0 Å². The first kappa shape index (κ1) is 13.1. The number of hydrogen-bond acceptors (Lipinski definition) is 4. The highest BCUT2D eigenvalue weighted by molar-refractivity contribution is 4.87. The molecule has 0 aromatic heterocycles. The number of nitrogens with zero attached hydrogens (tertiary/aromatic N) is 1. The van der Waals surface area contributed by atoms with Gasteiger partial charge in [-0.3, -0.25) is 4.90 Å². The molecule has 0 bridgehead atoms. The Morgan fingerprint density at radius 1 is 1.06 bits per heavy atom. The molecule has 2 heterocycles. The van der Waals surface area contributed by atoms with Crippen molar-refractivity contribution in [1.82, 2.24) is 4.90 Å². The fourth-order valence-electron chi connectivity index (χ4n) is 1.91. The molecule has 0 N–H and O–H groups in total. The molecule has 2 fully saturated rings. The minimum Gasteiger partial charge on any atom is -0.379 e. The molecule has 2 saturated heterocycles. The standard InChI is InChI=1S/C10H16F3NO3/c11-9(14-1-3-15-4-2-14)10(12,13)8-7-16-5-6-17-8/h8-9H,1-7H2. The van der Waals surface area contributed by atoms with Crippen molar-refractivity contribution in [1.29, 1.82) is 0 Å². The number of hydrogen-bond donors (Lipinski definition) is 0. The van der Waals surface area contributed by atoms with Crippen LogP contribution in [-0.2, 0) is 14.2 Å². The van der Waals surface area contributed by atoms with Crippen LogP contribution in [0.25, 0.3) is 0 Å². The van der Waals surface area contributed by atoms with Crippen LogP contribution < -0.4 is 0 Å². The van der Waals surface area contributed by atoms with E-state index in [9.17, 15) is 13.2 Å². The highest BCUT2D eigenvalue weighted by Crippen LogP contribution is 2.31. The molecule has 0 aromatic carbocycles. The number of rotatable bonds is 3. The lowest BCUT2D eigenvalue weighted by molar-refractivity contribution is -0.246. The van der Waals surface area contributed by atoms with E-state index in [1.807, 2.05) is 0 Å². The SMILES string of the molecule is FC(N1CCOCC1)C(F)(F)C1COCCO1. The van der Waals surface area contributed by atoms with Crippen molar-refractivity contribution in [3.63, 3.8) is 0 Å². The third-order valence-electron chi connectivity index (χ3n) is 2.93. The second kappa shape index (κ2) is 5.51. The van der Waals surface area contributed by atoms with Gasteiger partial charge in [0.1, 0.15) is 6.10 Å². The molecule has 0 aliphatic carbocycles. The molecule has 7 heteroatoms. The van der Waals surface area contributed by atoms with E-state index in [1.54, 1.807) is 0 Å². The first-order chi connectivity index (χ1) is 8.12. The van der Waals surface area contributed by atoms with E-state index in [1.165, 1.54) is 0 Å². The van der Waals surface area contributed by atoms with Crippen LogP contribution in [0, 0.1) is 0 Å². The van der Waals surface area contributed by atoms with Gasteiger partial charge in [0.25, 0.3) is 0 Å². The van der Waals surface area contributed by atoms with Crippen molar-refractivity contribution < 1.29 is 27.4 Å². The number of morpholine rings is 1. The van der Waals surface area contributed by atoms with Gasteiger partial charge in [-0.2, -0.15) is 8.78 Å². The molecule has 0 aromatic rings. The van der Waals surface area contributed by atoms with E-state index in [-0.39, 0.29) is 46.1 Å². The van der Waals surface area contributed by atoms with E-state index in [2.05, 4.69) is 0 Å². The zero-order valence-corrected chi connectivity index (χ0v) is 9.41. The zero-order chi connectivity index (χ0) is 12.3. The van der Waals surface area contributed by atoms with Crippen LogP contribution in [0.15, 0.2) is 0 Å². The maximum Gasteiger partial charge on any atom is 0.319 e. The van der Waals surface area contributed by atoms with E-state index in [0.29, 0.717) is 0 Å². The second-order valence-electron chi connectivity index (χ2n) is 4.09. The molecule has 0 saturated carbocycles. The summed E-state index contributed by atoms with van der Waals surface area (Å²) in [4.78, 5) is 1.08. The average Bonchev–Trinajstić information content (AvgIpc) is 2.40. The van der Waals surface area contributed by atoms with Gasteiger partial charge < -0.3 is 14.2 Å². The molecule has 100 valence electrons. The summed E-state index contributed by atoms with van der Waals surface area (Å²) in [5, 5.41) is 0. The topological polar surface area (TPSA) is 30.9 Å². The van der Waals surface area contributed by atoms with Crippen LogP contribution in [0.5, 0.6) is 0 Å². The Balaban J connectivity index is 1.96. The van der Waals surface area contributed by atoms with Crippen LogP contribution in [0.2, 0.25) is 0 Å². The number of alkyl halides is 3. The first-order valence-corrected chi connectivity index (χ1v) is 5.65. The monoisotopic (exact) mass is 255 g/mol. The van der Waals surface area contributed by atoms with E-state index < -0.39 is 18.3 Å². The fourth-order valence-corrected chi connectivity index (χ4v) is 1.91. The van der Waals surface area contributed by atoms with Crippen LogP contribution in [0.1, 0.15) is 0 Å². The maximum atomic E-state index is 13.8. The van der Waals surface area contributed by atoms with Gasteiger partial charge in [-0.15, -0.1) is 0 Å². The Hall–Kier alpha value is -0.370. The number of halogens is 3. The van der Waals surface area contributed by atoms with Crippen molar-refractivity contribution in [2.45, 2.75) is 18.3 Å². The Labute approximate surface area is 97.6 Å². The molecule has 4 nitrogen and oxygen atoms in total. The molecule has 2 atom stereocenters. The average molecular weight is 255 g/mol. The summed E-state index contributed by atoms with van der Waals surface area (Å²) in [6, 6.07) is 0. The summed E-state index contributed by atoms with van der Waals surface area (Å²) in [5.41, 5.74) is 0. The van der Waals surface area contributed by atoms with Gasteiger partial charge in [0.05, 0.1) is 33.0 Å². The van der Waals surface area contributed by atoms with Crippen molar-refractivity contribution in [3.05, 3.63) is 0 Å². The summed E-state index contributed by atoms with van der Waals surface area (Å²) in [6.45, 7) is 0.987. The van der Waals surface area contributed by atoms with Gasteiger partial charge in [-0.1, -0.05) is 0 Å². The Morgan fingerprint density at radius 2 is 1.76 bits per heavy atom. The highest BCUT2D eigenvalue weighted by Gasteiger charge is 2.52. The molecule has 2 aliphatic rings. The predicted molar refractivity (Wildman–Crippen MR) is 52.8 cm³/mol. The van der Waals surface area contributed by atoms with E-state index >= 15 is 0 Å². The van der Waals surface area contributed by atoms with Crippen LogP contribution in [0.3, 0.4) is 0 Å². The summed E-state index contributed by atoms with van der Waals surface area (Å²) in [6.07, 6.45) is -3.85. The zero-order valence-electron chi connectivity index (χ0n) is 9.41. The van der Waals surface area contributed by atoms with E-state index in [4.69, 9.17) is 14.2 Å². The quantitative estimate of drug-likeness (QED) is 0.693. The van der Waals surface area contributed by atoms with Gasteiger partial charge in [0, 0.05) is 13.1 Å². The van der Waals surface area contributed by atoms with Crippen LogP contribution in [-0.4, -0.2) is 69.3 Å². The molecule has 2 rings (SSSR count). The van der Waals surface area contributed by atoms with Crippen molar-refractivity contribution >= 4 is 0 Å². The molecule has 0 spiro atoms. The number of ether oxygens (including phenoxy) is 3. The predicted octanol–water partition coefficient (Wildman–Crippen LogP) is 0.665. The third-order valence-corrected chi connectivity index (χ3v) is 2.93. The van der Waals surface area contributed by atoms with Gasteiger partial charge in [0.2, 0.25) is 6.30 Å². The largest absolute Gasteiger partial charge is 0.379 e. The molecular formula is C10H16F3NO3. The second-order valence-corrected chi connectivity index (χ2v) is 4.09. The van der Waals surface area contributed by atoms with Gasteiger partial charge in [-0.05, 0) is 0 Å². The molecule has 0 radical (unpaired) electrons. The van der Waals surface area contributed by atoms with Gasteiger partial charge in [-0.25, -0.2) is 4.39 Å². The van der Waals surface area contributed by atoms with E-state index in [0.717, 1.165) is 4.90 Å². The van der Waals surface area contributed by atoms with Gasteiger partial charge >= 0.3 is 5.92 Å². The Kier molecular flexibility index (Phi) is 4.24. The lowest BCUT2D eigenvalue weighted by atomic mass is 10.1. The summed E-state index contributed by atoms with van der Waals surface area (Å²) in [7, 11) is 0. The third kappa shape index (κ3) is 2.90. The maximum absolute atomic E-state index is 13.8. The molecule has 2 aliphatic heterocycles. The summed E-state index contributed by atoms with van der Waals surface area (Å²) >= 11 is 0. The molecule has 2 unspecified atom stereocenters. The molecular weight excluding hydrogens is 239 g/mol. The lowest BCUT2D eigenvalue weighted by Crippen LogP contribution is -2.57. The van der Waals surface area contributed by atoms with Crippen molar-refractivity contribution in [2.24, 2.45) is 0 Å². The van der Waals surface area contributed by atoms with Crippen molar-refractivity contribution in [3.8, 4) is 0 Å². The van der Waals surface area contributed by atoms with Crippen molar-refractivity contribution in [2.75, 3.05) is 46.1 Å². The fraction of sp³-hybridized carbons (Fsp3) is 1.00. The first-order valence-electron chi connectivity index (χ1n) is 5.65. The summed E-state index contributed by atoms with van der Waals surface area (Å²) < 4.78 is 56.3. The minimum absolute atomic E-state index is 0.0795. The highest BCUT2D eigenvalue weighted by atomic mass is 19.3. The molecule has 17 heavy (non-hydrogen) atoms. The summed E-state index contributed by atoms with van der Waals surface area (Å²) in [5.74, 6) is -3.56. The minimum atomic E-state index is -3.56. The smallest absolute Gasteiger partial charge is 0.319 e.